The zero-order valence-electron chi connectivity index (χ0n) is 15.4. The summed E-state index contributed by atoms with van der Waals surface area (Å²) in [6.45, 7) is 5.01. The number of hydrogen-bond donors (Lipinski definition) is 1. The fourth-order valence-electron chi connectivity index (χ4n) is 3.73. The highest BCUT2D eigenvalue weighted by Gasteiger charge is 2.57. The first-order chi connectivity index (χ1) is 11.9. The van der Waals surface area contributed by atoms with Crippen molar-refractivity contribution in [3.05, 3.63) is 11.6 Å². The largest absolute Gasteiger partial charge is 0.369 e. The van der Waals surface area contributed by atoms with Gasteiger partial charge in [0.2, 0.25) is 11.8 Å². The van der Waals surface area contributed by atoms with Crippen LogP contribution in [0.15, 0.2) is 0 Å². The number of hydrogen-bond acceptors (Lipinski definition) is 5. The van der Waals surface area contributed by atoms with E-state index in [1.807, 2.05) is 19.0 Å². The van der Waals surface area contributed by atoms with Crippen LogP contribution in [0.2, 0.25) is 0 Å². The van der Waals surface area contributed by atoms with Crippen molar-refractivity contribution in [3.8, 4) is 0 Å². The minimum Gasteiger partial charge on any atom is -0.369 e. The Morgan fingerprint density at radius 3 is 2.36 bits per heavy atom. The molecule has 2 N–H and O–H groups in total. The summed E-state index contributed by atoms with van der Waals surface area (Å²) >= 11 is 0. The van der Waals surface area contributed by atoms with Gasteiger partial charge in [0.05, 0.1) is 6.54 Å². The van der Waals surface area contributed by atoms with Gasteiger partial charge in [0.1, 0.15) is 17.1 Å². The Labute approximate surface area is 148 Å². The van der Waals surface area contributed by atoms with Crippen LogP contribution in [-0.2, 0) is 22.7 Å². The van der Waals surface area contributed by atoms with Gasteiger partial charge in [-0.05, 0) is 46.7 Å². The Morgan fingerprint density at radius 1 is 1.24 bits per heavy atom. The van der Waals surface area contributed by atoms with Crippen molar-refractivity contribution in [2.45, 2.75) is 51.6 Å². The van der Waals surface area contributed by atoms with Gasteiger partial charge in [0.15, 0.2) is 0 Å². The Hall–Kier alpha value is -1.96. The minimum atomic E-state index is -0.908. The molecule has 1 aromatic rings. The van der Waals surface area contributed by atoms with Crippen LogP contribution >= 0.6 is 0 Å². The van der Waals surface area contributed by atoms with Crippen molar-refractivity contribution in [1.29, 1.82) is 0 Å². The third kappa shape index (κ3) is 3.27. The van der Waals surface area contributed by atoms with Crippen LogP contribution in [0, 0.1) is 5.41 Å². The van der Waals surface area contributed by atoms with Crippen molar-refractivity contribution in [2.75, 3.05) is 27.2 Å². The smallest absolute Gasteiger partial charge is 0.238 e. The van der Waals surface area contributed by atoms with Crippen molar-refractivity contribution < 1.29 is 9.59 Å². The lowest BCUT2D eigenvalue weighted by molar-refractivity contribution is -0.143. The lowest BCUT2D eigenvalue weighted by Gasteiger charge is -2.33. The molecule has 0 spiro atoms. The van der Waals surface area contributed by atoms with Crippen LogP contribution in [0.4, 0.5) is 0 Å². The van der Waals surface area contributed by atoms with Gasteiger partial charge in [0.25, 0.3) is 0 Å². The second-order valence-electron chi connectivity index (χ2n) is 7.47. The van der Waals surface area contributed by atoms with Crippen LogP contribution in [0.5, 0.6) is 0 Å². The highest BCUT2D eigenvalue weighted by molar-refractivity contribution is 6.07. The highest BCUT2D eigenvalue weighted by atomic mass is 16.2. The molecule has 2 aliphatic rings. The Balaban J connectivity index is 1.66. The normalized spacial score (nSPS) is 20.1. The molecule has 1 aliphatic heterocycles. The van der Waals surface area contributed by atoms with Crippen LogP contribution < -0.4 is 5.73 Å². The van der Waals surface area contributed by atoms with E-state index < -0.39 is 11.3 Å². The summed E-state index contributed by atoms with van der Waals surface area (Å²) in [6.07, 6.45) is 2.89. The number of nitrogens with zero attached hydrogens (tertiary/aromatic N) is 5. The summed E-state index contributed by atoms with van der Waals surface area (Å²) in [5, 5.41) is 8.79. The molecular formula is C17H28N6O2. The standard InChI is InChI=1S/C17H28N6O2/c1-4-23-13(11-21(2)3)19-20-14(23)12-5-9-22(10-6-12)16(25)17(7-8-17)15(18)24/h12H,4-11H2,1-3H3,(H2,18,24). The molecule has 3 rings (SSSR count). The van der Waals surface area contributed by atoms with Crippen molar-refractivity contribution in [2.24, 2.45) is 11.1 Å². The van der Waals surface area contributed by atoms with Gasteiger partial charge < -0.3 is 20.1 Å². The van der Waals surface area contributed by atoms with Crippen molar-refractivity contribution in [1.82, 2.24) is 24.6 Å². The van der Waals surface area contributed by atoms with E-state index in [1.54, 1.807) is 0 Å². The monoisotopic (exact) mass is 348 g/mol. The average molecular weight is 348 g/mol. The van der Waals surface area contributed by atoms with E-state index in [-0.39, 0.29) is 5.91 Å². The number of rotatable bonds is 6. The van der Waals surface area contributed by atoms with E-state index in [2.05, 4.69) is 26.6 Å². The number of amides is 2. The predicted octanol–water partition coefficient (Wildman–Crippen LogP) is 0.331. The van der Waals surface area contributed by atoms with Gasteiger partial charge in [-0.25, -0.2) is 0 Å². The Morgan fingerprint density at radius 2 is 1.88 bits per heavy atom. The van der Waals surface area contributed by atoms with E-state index in [0.717, 1.165) is 37.6 Å². The number of likely N-dealkylation sites (tertiary alicyclic amines) is 1. The molecule has 1 aliphatic carbocycles. The van der Waals surface area contributed by atoms with Crippen LogP contribution in [0.1, 0.15) is 50.2 Å². The maximum Gasteiger partial charge on any atom is 0.238 e. The third-order valence-electron chi connectivity index (χ3n) is 5.41. The number of carbonyl (C=O) groups is 2. The minimum absolute atomic E-state index is 0.0799. The van der Waals surface area contributed by atoms with Crippen molar-refractivity contribution in [3.63, 3.8) is 0 Å². The Bertz CT molecular complexity index is 656. The van der Waals surface area contributed by atoms with Gasteiger partial charge in [0, 0.05) is 25.6 Å². The maximum absolute atomic E-state index is 12.6. The maximum atomic E-state index is 12.6. The summed E-state index contributed by atoms with van der Waals surface area (Å²) in [5.74, 6) is 1.74. The average Bonchev–Trinajstić information content (AvgIpc) is 3.31. The molecule has 1 saturated carbocycles. The molecule has 2 fully saturated rings. The molecular weight excluding hydrogens is 320 g/mol. The number of carbonyl (C=O) groups excluding carboxylic acids is 2. The topological polar surface area (TPSA) is 97.3 Å². The number of aromatic nitrogens is 3. The Kier molecular flexibility index (Phi) is 4.81. The van der Waals surface area contributed by atoms with E-state index in [9.17, 15) is 9.59 Å². The summed E-state index contributed by atoms with van der Waals surface area (Å²) in [6, 6.07) is 0. The second-order valence-corrected chi connectivity index (χ2v) is 7.47. The molecule has 0 aromatic carbocycles. The molecule has 138 valence electrons. The molecule has 0 unspecified atom stereocenters. The summed E-state index contributed by atoms with van der Waals surface area (Å²) in [5.41, 5.74) is 4.52. The van der Waals surface area contributed by atoms with Crippen LogP contribution in [0.25, 0.3) is 0 Å². The highest BCUT2D eigenvalue weighted by Crippen LogP contribution is 2.47. The number of piperidine rings is 1. The van der Waals surface area contributed by atoms with Gasteiger partial charge in [-0.2, -0.15) is 0 Å². The SMILES string of the molecule is CCn1c(CN(C)C)nnc1C1CCN(C(=O)C2(C(N)=O)CC2)CC1. The van der Waals surface area contributed by atoms with Gasteiger partial charge >= 0.3 is 0 Å². The van der Waals surface area contributed by atoms with Crippen LogP contribution in [-0.4, -0.2) is 63.6 Å². The molecule has 8 heteroatoms. The first-order valence-electron chi connectivity index (χ1n) is 9.05. The number of primary amides is 1. The zero-order valence-corrected chi connectivity index (χ0v) is 15.4. The van der Waals surface area contributed by atoms with Gasteiger partial charge in [-0.15, -0.1) is 10.2 Å². The van der Waals surface area contributed by atoms with E-state index in [0.29, 0.717) is 31.8 Å². The fourth-order valence-corrected chi connectivity index (χ4v) is 3.73. The fraction of sp³-hybridized carbons (Fsp3) is 0.765. The summed E-state index contributed by atoms with van der Waals surface area (Å²) in [7, 11) is 4.04. The number of nitrogens with two attached hydrogens (primary N) is 1. The van der Waals surface area contributed by atoms with E-state index in [1.165, 1.54) is 0 Å². The van der Waals surface area contributed by atoms with Gasteiger partial charge in [-0.3, -0.25) is 9.59 Å². The summed E-state index contributed by atoms with van der Waals surface area (Å²) in [4.78, 5) is 28.1. The molecule has 25 heavy (non-hydrogen) atoms. The lowest BCUT2D eigenvalue weighted by Crippen LogP contribution is -2.46. The lowest BCUT2D eigenvalue weighted by atomic mass is 9.94. The molecule has 8 nitrogen and oxygen atoms in total. The van der Waals surface area contributed by atoms with Crippen LogP contribution in [0.3, 0.4) is 0 Å². The molecule has 2 amide bonds. The third-order valence-corrected chi connectivity index (χ3v) is 5.41. The van der Waals surface area contributed by atoms with Gasteiger partial charge in [-0.1, -0.05) is 0 Å². The first kappa shape index (κ1) is 17.8. The van der Waals surface area contributed by atoms with Crippen molar-refractivity contribution >= 4 is 11.8 Å². The summed E-state index contributed by atoms with van der Waals surface area (Å²) < 4.78 is 2.19. The second kappa shape index (κ2) is 6.74. The molecule has 1 aromatic heterocycles. The first-order valence-corrected chi connectivity index (χ1v) is 9.05. The zero-order chi connectivity index (χ0) is 18.2. The molecule has 0 bridgehead atoms. The molecule has 2 heterocycles. The van der Waals surface area contributed by atoms with E-state index in [4.69, 9.17) is 5.73 Å². The molecule has 0 radical (unpaired) electrons. The predicted molar refractivity (Wildman–Crippen MR) is 92.5 cm³/mol. The molecule has 0 atom stereocenters. The van der Waals surface area contributed by atoms with E-state index >= 15 is 0 Å². The quantitative estimate of drug-likeness (QED) is 0.747. The molecule has 1 saturated heterocycles.